The van der Waals surface area contributed by atoms with Crippen molar-refractivity contribution in [1.82, 2.24) is 36.5 Å². The Bertz CT molecular complexity index is 1800. The lowest BCUT2D eigenvalue weighted by molar-refractivity contribution is -0.165. The molecule has 14 heteroatoms. The minimum Gasteiger partial charge on any atom is -0.451 e. The molecule has 0 saturated carbocycles. The summed E-state index contributed by atoms with van der Waals surface area (Å²) in [5, 5.41) is 9.31. The number of hydrogen-bond donors (Lipinski definition) is 4. The van der Waals surface area contributed by atoms with Crippen LogP contribution >= 0.6 is 0 Å². The Labute approximate surface area is 297 Å². The number of esters is 1. The van der Waals surface area contributed by atoms with Gasteiger partial charge in [0.15, 0.2) is 6.10 Å². The molecule has 270 valence electrons. The molecule has 0 spiro atoms. The van der Waals surface area contributed by atoms with E-state index in [1.54, 1.807) is 71.4 Å². The topological polar surface area (TPSA) is 175 Å². The van der Waals surface area contributed by atoms with Gasteiger partial charge in [-0.25, -0.2) is 10.4 Å². The fourth-order valence-electron chi connectivity index (χ4n) is 5.75. The van der Waals surface area contributed by atoms with Gasteiger partial charge < -0.3 is 15.4 Å². The maximum absolute atomic E-state index is 14.0. The van der Waals surface area contributed by atoms with Crippen molar-refractivity contribution in [2.45, 2.75) is 78.1 Å². The van der Waals surface area contributed by atoms with Gasteiger partial charge in [-0.1, -0.05) is 44.2 Å². The van der Waals surface area contributed by atoms with Crippen LogP contribution in [0.15, 0.2) is 60.9 Å². The first-order valence-electron chi connectivity index (χ1n) is 17.2. The van der Waals surface area contributed by atoms with Crippen LogP contribution in [0, 0.1) is 11.3 Å². The summed E-state index contributed by atoms with van der Waals surface area (Å²) in [6, 6.07) is 11.1. The van der Waals surface area contributed by atoms with Crippen molar-refractivity contribution in [2.75, 3.05) is 18.6 Å². The highest BCUT2D eigenvalue weighted by Crippen LogP contribution is 2.25. The molecule has 0 radical (unpaired) electrons. The minimum atomic E-state index is -1.22. The van der Waals surface area contributed by atoms with Crippen molar-refractivity contribution in [1.29, 1.82) is 0 Å². The van der Waals surface area contributed by atoms with Gasteiger partial charge in [0, 0.05) is 44.3 Å². The number of ether oxygens (including phenoxy) is 1. The van der Waals surface area contributed by atoms with Gasteiger partial charge in [0.2, 0.25) is 5.91 Å². The fourth-order valence-corrected chi connectivity index (χ4v) is 5.75. The van der Waals surface area contributed by atoms with E-state index in [9.17, 15) is 24.0 Å². The molecule has 4 N–H and O–H groups in total. The SMILES string of the molecule is CC(C)[C@@H]1OC(=O)C(C)(C)/C=C/c2ccc3ccc(nc3c2)N(C)NC(=O)[C@@H]2CCCN(N2)C(=O)[C@H](CCC(=O)NCc2cccnc2)NC1=O. The lowest BCUT2D eigenvalue weighted by atomic mass is 9.92. The molecule has 4 heterocycles. The number of carbonyl (C=O) groups is 5. The number of amides is 4. The Morgan fingerprint density at radius 1 is 1.10 bits per heavy atom. The highest BCUT2D eigenvalue weighted by atomic mass is 16.5. The first-order chi connectivity index (χ1) is 24.3. The standard InChI is InChI=1S/C37H46N8O6/c1-23(2)32-34(48)41-28(13-15-31(46)39-22-25-8-6-18-38-21-25)35(49)45-19-7-9-27(42-45)33(47)43-44(5)30-14-12-26-11-10-24(20-29(26)40-30)16-17-37(3,4)36(50)51-32/h6,8,10-12,14,16-18,20-21,23,27-28,32,42H,7,9,13,15,19,22H2,1-5H3,(H,39,46)(H,41,48)(H,43,47)/b17-16+/t27-,28-,32-/m0/s1. The van der Waals surface area contributed by atoms with Crippen LogP contribution in [0.2, 0.25) is 0 Å². The van der Waals surface area contributed by atoms with E-state index < -0.39 is 47.3 Å². The number of hydrogen-bond acceptors (Lipinski definition) is 10. The number of benzene rings is 1. The molecule has 3 atom stereocenters. The zero-order chi connectivity index (χ0) is 36.7. The van der Waals surface area contributed by atoms with E-state index in [1.807, 2.05) is 30.3 Å². The van der Waals surface area contributed by atoms with Gasteiger partial charge in [-0.15, -0.1) is 0 Å². The molecule has 14 nitrogen and oxygen atoms in total. The van der Waals surface area contributed by atoms with Crippen molar-refractivity contribution in [3.63, 3.8) is 0 Å². The summed E-state index contributed by atoms with van der Waals surface area (Å²) in [6.45, 7) is 7.40. The summed E-state index contributed by atoms with van der Waals surface area (Å²) in [5.41, 5.74) is 7.05. The number of carbonyl (C=O) groups excluding carboxylic acids is 5. The molecule has 2 aliphatic rings. The zero-order valence-electron chi connectivity index (χ0n) is 29.6. The molecule has 1 aromatic carbocycles. The molecular formula is C37H46N8O6. The van der Waals surface area contributed by atoms with E-state index in [0.717, 1.165) is 16.5 Å². The van der Waals surface area contributed by atoms with Crippen LogP contribution in [0.25, 0.3) is 17.0 Å². The van der Waals surface area contributed by atoms with Crippen molar-refractivity contribution in [3.05, 3.63) is 72.1 Å². The lowest BCUT2D eigenvalue weighted by Crippen LogP contribution is -2.62. The summed E-state index contributed by atoms with van der Waals surface area (Å²) < 4.78 is 5.82. The molecule has 0 aliphatic carbocycles. The highest BCUT2D eigenvalue weighted by molar-refractivity contribution is 5.92. The predicted molar refractivity (Wildman–Crippen MR) is 191 cm³/mol. The number of aromatic nitrogens is 2. The first kappa shape index (κ1) is 36.9. The lowest BCUT2D eigenvalue weighted by Gasteiger charge is -2.36. The smallest absolute Gasteiger partial charge is 0.316 e. The number of fused-ring (bicyclic) bond motifs is 4. The van der Waals surface area contributed by atoms with Crippen LogP contribution in [0.1, 0.15) is 64.5 Å². The Hall–Kier alpha value is -5.37. The Morgan fingerprint density at radius 2 is 1.88 bits per heavy atom. The van der Waals surface area contributed by atoms with Gasteiger partial charge >= 0.3 is 5.97 Å². The molecule has 5 bridgehead atoms. The number of pyridine rings is 2. The predicted octanol–water partition coefficient (Wildman–Crippen LogP) is 2.80. The van der Waals surface area contributed by atoms with Crippen LogP contribution < -0.4 is 26.5 Å². The third-order valence-electron chi connectivity index (χ3n) is 8.90. The van der Waals surface area contributed by atoms with Crippen LogP contribution in [0.5, 0.6) is 0 Å². The average molecular weight is 699 g/mol. The summed E-state index contributed by atoms with van der Waals surface area (Å²) in [6.07, 6.45) is 6.41. The van der Waals surface area contributed by atoms with Gasteiger partial charge in [-0.2, -0.15) is 0 Å². The molecule has 2 aromatic heterocycles. The fraction of sp³-hybridized carbons (Fsp3) is 0.432. The van der Waals surface area contributed by atoms with Gasteiger partial charge in [-0.3, -0.25) is 44.4 Å². The molecule has 5 rings (SSSR count). The second kappa shape index (κ2) is 16.1. The number of hydrazine groups is 2. The minimum absolute atomic E-state index is 0.0408. The summed E-state index contributed by atoms with van der Waals surface area (Å²) >= 11 is 0. The van der Waals surface area contributed by atoms with E-state index in [2.05, 4.69) is 26.5 Å². The van der Waals surface area contributed by atoms with Crippen molar-refractivity contribution >= 4 is 52.4 Å². The molecule has 3 aromatic rings. The Morgan fingerprint density at radius 3 is 2.63 bits per heavy atom. The third-order valence-corrected chi connectivity index (χ3v) is 8.90. The van der Waals surface area contributed by atoms with Crippen molar-refractivity contribution < 1.29 is 28.7 Å². The van der Waals surface area contributed by atoms with Crippen LogP contribution in [-0.2, 0) is 35.3 Å². The number of anilines is 1. The van der Waals surface area contributed by atoms with E-state index in [-0.39, 0.29) is 37.7 Å². The second-order valence-corrected chi connectivity index (χ2v) is 13.8. The molecule has 0 unspecified atom stereocenters. The summed E-state index contributed by atoms with van der Waals surface area (Å²) in [4.78, 5) is 76.5. The largest absolute Gasteiger partial charge is 0.451 e. The number of cyclic esters (lactones) is 1. The van der Waals surface area contributed by atoms with Gasteiger partial charge in [0.25, 0.3) is 17.7 Å². The van der Waals surface area contributed by atoms with E-state index in [0.29, 0.717) is 24.2 Å². The average Bonchev–Trinajstić information content (AvgIpc) is 3.12. The van der Waals surface area contributed by atoms with E-state index in [1.165, 1.54) is 10.0 Å². The quantitative estimate of drug-likeness (QED) is 0.280. The molecule has 51 heavy (non-hydrogen) atoms. The molecule has 2 aliphatic heterocycles. The molecular weight excluding hydrogens is 652 g/mol. The van der Waals surface area contributed by atoms with Crippen molar-refractivity contribution in [2.24, 2.45) is 11.3 Å². The Balaban J connectivity index is 1.43. The number of nitrogens with zero attached hydrogens (tertiary/aromatic N) is 4. The molecule has 4 amide bonds. The zero-order valence-corrected chi connectivity index (χ0v) is 29.6. The third kappa shape index (κ3) is 9.45. The van der Waals surface area contributed by atoms with E-state index >= 15 is 0 Å². The van der Waals surface area contributed by atoms with Gasteiger partial charge in [0.05, 0.1) is 10.9 Å². The van der Waals surface area contributed by atoms with Gasteiger partial charge in [-0.05, 0) is 74.4 Å². The maximum atomic E-state index is 14.0. The maximum Gasteiger partial charge on any atom is 0.316 e. The normalized spacial score (nSPS) is 22.3. The number of rotatable bonds is 6. The van der Waals surface area contributed by atoms with Crippen LogP contribution in [0.4, 0.5) is 5.82 Å². The van der Waals surface area contributed by atoms with Crippen molar-refractivity contribution in [3.8, 4) is 0 Å². The highest BCUT2D eigenvalue weighted by Gasteiger charge is 2.37. The molecule has 1 saturated heterocycles. The van der Waals surface area contributed by atoms with Crippen LogP contribution in [-0.4, -0.2) is 76.4 Å². The first-order valence-corrected chi connectivity index (χ1v) is 17.2. The second-order valence-electron chi connectivity index (χ2n) is 13.8. The number of nitrogens with one attached hydrogen (secondary N) is 4. The van der Waals surface area contributed by atoms with Gasteiger partial charge in [0.1, 0.15) is 17.9 Å². The molecule has 1 fully saturated rings. The van der Waals surface area contributed by atoms with Crippen LogP contribution in [0.3, 0.4) is 0 Å². The summed E-state index contributed by atoms with van der Waals surface area (Å²) in [7, 11) is 1.68. The van der Waals surface area contributed by atoms with E-state index in [4.69, 9.17) is 9.72 Å². The monoisotopic (exact) mass is 698 g/mol. The summed E-state index contributed by atoms with van der Waals surface area (Å²) in [5.74, 6) is -2.45. The Kier molecular flexibility index (Phi) is 11.7.